The maximum atomic E-state index is 5.28. The minimum Gasteiger partial charge on any atom is -0.382 e. The summed E-state index contributed by atoms with van der Waals surface area (Å²) in [5, 5.41) is 6.22. The number of hydrogen-bond donors (Lipinski definition) is 1. The van der Waals surface area contributed by atoms with E-state index in [2.05, 4.69) is 29.8 Å². The Bertz CT molecular complexity index is 252. The smallest absolute Gasteiger partial charge is 0.0601 e. The molecule has 0 saturated heterocycles. The zero-order valence-electron chi connectivity index (χ0n) is 10.1. The molecule has 1 atom stereocenters. The van der Waals surface area contributed by atoms with Crippen molar-refractivity contribution in [2.45, 2.75) is 29.7 Å². The van der Waals surface area contributed by atoms with Crippen molar-refractivity contribution in [1.29, 1.82) is 0 Å². The van der Waals surface area contributed by atoms with Crippen LogP contribution in [0.25, 0.3) is 0 Å². The van der Waals surface area contributed by atoms with E-state index in [1.807, 2.05) is 30.0 Å². The number of thiophene rings is 1. The molecule has 92 valence electrons. The number of ether oxygens (including phenoxy) is 1. The molecule has 1 heterocycles. The predicted molar refractivity (Wildman–Crippen MR) is 73.6 cm³/mol. The monoisotopic (exact) mass is 259 g/mol. The summed E-state index contributed by atoms with van der Waals surface area (Å²) >= 11 is 3.76. The Balaban J connectivity index is 1.96. The van der Waals surface area contributed by atoms with Crippen molar-refractivity contribution < 1.29 is 4.74 Å². The topological polar surface area (TPSA) is 21.3 Å². The van der Waals surface area contributed by atoms with Crippen molar-refractivity contribution in [3.05, 3.63) is 17.5 Å². The maximum absolute atomic E-state index is 5.28. The molecular weight excluding hydrogens is 238 g/mol. The normalized spacial score (nSPS) is 12.9. The van der Waals surface area contributed by atoms with Crippen LogP contribution in [0.15, 0.2) is 21.7 Å². The summed E-state index contributed by atoms with van der Waals surface area (Å²) in [4.78, 5) is 0. The molecule has 0 amide bonds. The molecule has 0 fully saturated rings. The van der Waals surface area contributed by atoms with Crippen molar-refractivity contribution in [1.82, 2.24) is 5.32 Å². The second-order valence-electron chi connectivity index (χ2n) is 3.62. The average molecular weight is 259 g/mol. The van der Waals surface area contributed by atoms with Crippen molar-refractivity contribution >= 4 is 23.1 Å². The molecule has 0 bridgehead atoms. The van der Waals surface area contributed by atoms with Crippen LogP contribution in [0.5, 0.6) is 0 Å². The van der Waals surface area contributed by atoms with Crippen molar-refractivity contribution in [2.24, 2.45) is 0 Å². The van der Waals surface area contributed by atoms with E-state index in [-0.39, 0.29) is 0 Å². The summed E-state index contributed by atoms with van der Waals surface area (Å²) in [7, 11) is 0. The minimum absolute atomic E-state index is 0.630. The third kappa shape index (κ3) is 6.53. The average Bonchev–Trinajstić information content (AvgIpc) is 2.76. The van der Waals surface area contributed by atoms with Gasteiger partial charge in [0.25, 0.3) is 0 Å². The highest BCUT2D eigenvalue weighted by Crippen LogP contribution is 2.26. The zero-order valence-corrected chi connectivity index (χ0v) is 11.7. The first-order valence-corrected chi connectivity index (χ1v) is 7.57. The highest BCUT2D eigenvalue weighted by Gasteiger charge is 2.04. The lowest BCUT2D eigenvalue weighted by molar-refractivity contribution is 0.145. The number of rotatable bonds is 9. The molecule has 1 aromatic heterocycles. The van der Waals surface area contributed by atoms with Crippen LogP contribution in [0.2, 0.25) is 0 Å². The molecule has 0 spiro atoms. The van der Waals surface area contributed by atoms with E-state index in [0.717, 1.165) is 32.7 Å². The minimum atomic E-state index is 0.630. The summed E-state index contributed by atoms with van der Waals surface area (Å²) in [6.07, 6.45) is 1.10. The van der Waals surface area contributed by atoms with E-state index < -0.39 is 0 Å². The van der Waals surface area contributed by atoms with Gasteiger partial charge in [0, 0.05) is 25.0 Å². The first-order valence-electron chi connectivity index (χ1n) is 5.81. The van der Waals surface area contributed by atoms with Gasteiger partial charge in [0.05, 0.1) is 4.21 Å². The standard InChI is InChI=1S/C12H21NOS2/c1-3-14-8-5-7-13-10-11(2)16-12-6-4-9-15-12/h4,6,9,11,13H,3,5,7-8,10H2,1-2H3. The molecule has 0 aliphatic heterocycles. The van der Waals surface area contributed by atoms with E-state index in [4.69, 9.17) is 4.74 Å². The third-order valence-corrected chi connectivity index (χ3v) is 4.27. The van der Waals surface area contributed by atoms with E-state index in [0.29, 0.717) is 5.25 Å². The van der Waals surface area contributed by atoms with Gasteiger partial charge in [-0.15, -0.1) is 23.1 Å². The third-order valence-electron chi connectivity index (χ3n) is 2.09. The van der Waals surface area contributed by atoms with Crippen LogP contribution in [0, 0.1) is 0 Å². The summed E-state index contributed by atoms with van der Waals surface area (Å²) in [5.41, 5.74) is 0. The Labute approximate surface area is 107 Å². The lowest BCUT2D eigenvalue weighted by Gasteiger charge is -2.11. The van der Waals surface area contributed by atoms with Gasteiger partial charge < -0.3 is 10.1 Å². The molecule has 1 rings (SSSR count). The van der Waals surface area contributed by atoms with Crippen LogP contribution < -0.4 is 5.32 Å². The fourth-order valence-corrected chi connectivity index (χ4v) is 3.40. The fraction of sp³-hybridized carbons (Fsp3) is 0.667. The molecule has 4 heteroatoms. The van der Waals surface area contributed by atoms with Crippen LogP contribution >= 0.6 is 23.1 Å². The second-order valence-corrected chi connectivity index (χ2v) is 6.30. The van der Waals surface area contributed by atoms with Crippen molar-refractivity contribution in [2.75, 3.05) is 26.3 Å². The van der Waals surface area contributed by atoms with Crippen LogP contribution in [0.1, 0.15) is 20.3 Å². The Kier molecular flexibility index (Phi) is 7.93. The highest BCUT2D eigenvalue weighted by molar-refractivity contribution is 8.01. The molecule has 0 saturated carbocycles. The van der Waals surface area contributed by atoms with Gasteiger partial charge in [-0.3, -0.25) is 0 Å². The molecular formula is C12H21NOS2. The quantitative estimate of drug-likeness (QED) is 0.543. The van der Waals surface area contributed by atoms with Gasteiger partial charge in [-0.05, 0) is 31.3 Å². The Hall–Kier alpha value is -0.0300. The van der Waals surface area contributed by atoms with Crippen molar-refractivity contribution in [3.8, 4) is 0 Å². The molecule has 1 unspecified atom stereocenters. The molecule has 0 aliphatic rings. The molecule has 0 aliphatic carbocycles. The molecule has 0 radical (unpaired) electrons. The SMILES string of the molecule is CCOCCCNCC(C)Sc1cccs1. The van der Waals surface area contributed by atoms with Crippen LogP contribution in [0.3, 0.4) is 0 Å². The number of hydrogen-bond acceptors (Lipinski definition) is 4. The molecule has 1 N–H and O–H groups in total. The van der Waals surface area contributed by atoms with Crippen LogP contribution in [-0.4, -0.2) is 31.6 Å². The van der Waals surface area contributed by atoms with Gasteiger partial charge in [0.2, 0.25) is 0 Å². The zero-order chi connectivity index (χ0) is 11.6. The first-order chi connectivity index (χ1) is 7.83. The van der Waals surface area contributed by atoms with Crippen molar-refractivity contribution in [3.63, 3.8) is 0 Å². The predicted octanol–water partition coefficient (Wildman–Crippen LogP) is 3.24. The summed E-state index contributed by atoms with van der Waals surface area (Å²) < 4.78 is 6.69. The molecule has 2 nitrogen and oxygen atoms in total. The van der Waals surface area contributed by atoms with Crippen LogP contribution in [-0.2, 0) is 4.74 Å². The first kappa shape index (κ1) is 14.0. The van der Waals surface area contributed by atoms with Crippen LogP contribution in [0.4, 0.5) is 0 Å². The van der Waals surface area contributed by atoms with Gasteiger partial charge in [0.1, 0.15) is 0 Å². The molecule has 16 heavy (non-hydrogen) atoms. The van der Waals surface area contributed by atoms with Gasteiger partial charge in [-0.2, -0.15) is 0 Å². The second kappa shape index (κ2) is 9.05. The lowest BCUT2D eigenvalue weighted by atomic mass is 10.4. The Morgan fingerprint density at radius 1 is 1.56 bits per heavy atom. The lowest BCUT2D eigenvalue weighted by Crippen LogP contribution is -2.24. The van der Waals surface area contributed by atoms with E-state index in [9.17, 15) is 0 Å². The van der Waals surface area contributed by atoms with E-state index >= 15 is 0 Å². The Morgan fingerprint density at radius 3 is 3.12 bits per heavy atom. The van der Waals surface area contributed by atoms with E-state index in [1.165, 1.54) is 4.21 Å². The maximum Gasteiger partial charge on any atom is 0.0601 e. The number of nitrogens with one attached hydrogen (secondary N) is 1. The summed E-state index contributed by atoms with van der Waals surface area (Å²) in [6.45, 7) is 8.11. The highest BCUT2D eigenvalue weighted by atomic mass is 32.2. The fourth-order valence-electron chi connectivity index (χ4n) is 1.32. The van der Waals surface area contributed by atoms with Gasteiger partial charge in [0.15, 0.2) is 0 Å². The van der Waals surface area contributed by atoms with Gasteiger partial charge >= 0.3 is 0 Å². The molecule has 0 aromatic carbocycles. The van der Waals surface area contributed by atoms with Gasteiger partial charge in [-0.25, -0.2) is 0 Å². The molecule has 1 aromatic rings. The largest absolute Gasteiger partial charge is 0.382 e. The number of thioether (sulfide) groups is 1. The van der Waals surface area contributed by atoms with Gasteiger partial charge in [-0.1, -0.05) is 13.0 Å². The van der Waals surface area contributed by atoms with E-state index in [1.54, 1.807) is 0 Å². The Morgan fingerprint density at radius 2 is 2.44 bits per heavy atom. The summed E-state index contributed by atoms with van der Waals surface area (Å²) in [6, 6.07) is 4.29. The summed E-state index contributed by atoms with van der Waals surface area (Å²) in [5.74, 6) is 0.